The summed E-state index contributed by atoms with van der Waals surface area (Å²) < 4.78 is 11.6. The molecule has 3 nitrogen and oxygen atoms in total. The molecule has 20 heavy (non-hydrogen) atoms. The Kier molecular flexibility index (Phi) is 8.54. The summed E-state index contributed by atoms with van der Waals surface area (Å²) in [4.78, 5) is 1.17. The molecule has 114 valence electrons. The van der Waals surface area contributed by atoms with Gasteiger partial charge in [0.2, 0.25) is 0 Å². The van der Waals surface area contributed by atoms with Crippen LogP contribution < -0.4 is 14.8 Å². The van der Waals surface area contributed by atoms with Gasteiger partial charge in [-0.05, 0) is 56.8 Å². The maximum atomic E-state index is 5.79. The van der Waals surface area contributed by atoms with Crippen LogP contribution in [0, 0.1) is 0 Å². The number of rotatable bonds is 10. The first-order chi connectivity index (χ1) is 9.76. The zero-order valence-corrected chi connectivity index (χ0v) is 13.9. The van der Waals surface area contributed by atoms with Crippen molar-refractivity contribution in [3.63, 3.8) is 0 Å². The van der Waals surface area contributed by atoms with Gasteiger partial charge in [-0.1, -0.05) is 13.8 Å². The van der Waals surface area contributed by atoms with E-state index in [0.717, 1.165) is 36.8 Å². The first-order valence-corrected chi connectivity index (χ1v) is 8.51. The van der Waals surface area contributed by atoms with Gasteiger partial charge in [-0.3, -0.25) is 0 Å². The molecule has 1 N–H and O–H groups in total. The number of nitrogens with one attached hydrogen (secondary N) is 1. The monoisotopic (exact) mass is 297 g/mol. The molecule has 0 aliphatic rings. The number of hydrogen-bond donors (Lipinski definition) is 1. The zero-order valence-electron chi connectivity index (χ0n) is 13.1. The average Bonchev–Trinajstić information content (AvgIpc) is 2.44. The maximum absolute atomic E-state index is 5.79. The topological polar surface area (TPSA) is 30.5 Å². The fourth-order valence-electron chi connectivity index (χ4n) is 2.01. The molecule has 0 heterocycles. The van der Waals surface area contributed by atoms with E-state index in [2.05, 4.69) is 31.3 Å². The number of hydrogen-bond acceptors (Lipinski definition) is 4. The summed E-state index contributed by atoms with van der Waals surface area (Å²) in [6.45, 7) is 11.7. The van der Waals surface area contributed by atoms with Gasteiger partial charge < -0.3 is 14.8 Å². The molecular formula is C16H27NO2S. The van der Waals surface area contributed by atoms with Crippen LogP contribution in [0.5, 0.6) is 11.5 Å². The Morgan fingerprint density at radius 1 is 1.00 bits per heavy atom. The van der Waals surface area contributed by atoms with E-state index in [9.17, 15) is 0 Å². The third-order valence-corrected chi connectivity index (χ3v) is 3.77. The minimum Gasteiger partial charge on any atom is -0.494 e. The van der Waals surface area contributed by atoms with Crippen molar-refractivity contribution in [1.82, 2.24) is 5.32 Å². The Morgan fingerprint density at radius 3 is 2.30 bits per heavy atom. The lowest BCUT2D eigenvalue weighted by molar-refractivity contribution is 0.320. The van der Waals surface area contributed by atoms with Gasteiger partial charge in [-0.25, -0.2) is 0 Å². The summed E-state index contributed by atoms with van der Waals surface area (Å²) in [6.07, 6.45) is 0.959. The molecule has 0 bridgehead atoms. The lowest BCUT2D eigenvalue weighted by Crippen LogP contribution is -2.16. The van der Waals surface area contributed by atoms with Crippen molar-refractivity contribution in [3.8, 4) is 11.5 Å². The molecule has 0 saturated heterocycles. The summed E-state index contributed by atoms with van der Waals surface area (Å²) in [6, 6.07) is 4.27. The van der Waals surface area contributed by atoms with Crippen LogP contribution in [0.4, 0.5) is 0 Å². The van der Waals surface area contributed by atoms with E-state index in [4.69, 9.17) is 9.47 Å². The van der Waals surface area contributed by atoms with Gasteiger partial charge in [0.25, 0.3) is 0 Å². The van der Waals surface area contributed by atoms with Gasteiger partial charge in [0.05, 0.1) is 18.1 Å². The minimum atomic E-state index is 0.692. The first kappa shape index (κ1) is 17.2. The lowest BCUT2D eigenvalue weighted by Gasteiger charge is -2.16. The SMILES string of the molecule is CCNCCc1cc(OCC)c(SCC)cc1OCC. The molecule has 0 atom stereocenters. The van der Waals surface area contributed by atoms with E-state index in [1.54, 1.807) is 11.8 Å². The molecule has 1 aromatic rings. The predicted molar refractivity (Wildman–Crippen MR) is 87.4 cm³/mol. The zero-order chi connectivity index (χ0) is 14.8. The van der Waals surface area contributed by atoms with Crippen LogP contribution in [0.15, 0.2) is 17.0 Å². The summed E-state index contributed by atoms with van der Waals surface area (Å²) in [5, 5.41) is 3.36. The Bertz CT molecular complexity index is 396. The molecule has 0 radical (unpaired) electrons. The highest BCUT2D eigenvalue weighted by Gasteiger charge is 2.12. The number of likely N-dealkylation sites (N-methyl/N-ethyl adjacent to an activating group) is 1. The second kappa shape index (κ2) is 9.94. The molecule has 1 aromatic carbocycles. The largest absolute Gasteiger partial charge is 0.494 e. The Morgan fingerprint density at radius 2 is 1.70 bits per heavy atom. The third-order valence-electron chi connectivity index (χ3n) is 2.85. The number of benzene rings is 1. The van der Waals surface area contributed by atoms with Gasteiger partial charge in [0, 0.05) is 0 Å². The van der Waals surface area contributed by atoms with Crippen molar-refractivity contribution >= 4 is 11.8 Å². The van der Waals surface area contributed by atoms with Crippen LogP contribution in [-0.2, 0) is 6.42 Å². The van der Waals surface area contributed by atoms with Crippen molar-refractivity contribution < 1.29 is 9.47 Å². The molecule has 0 amide bonds. The highest BCUT2D eigenvalue weighted by molar-refractivity contribution is 7.99. The number of ether oxygens (including phenoxy) is 2. The molecule has 0 spiro atoms. The first-order valence-electron chi connectivity index (χ1n) is 7.52. The Balaban J connectivity index is 3.00. The molecule has 0 aliphatic carbocycles. The summed E-state index contributed by atoms with van der Waals surface area (Å²) >= 11 is 1.80. The molecule has 0 fully saturated rings. The van der Waals surface area contributed by atoms with Gasteiger partial charge in [0.15, 0.2) is 0 Å². The standard InChI is InChI=1S/C16H27NO2S/c1-5-17-10-9-13-11-15(19-7-3)16(20-8-4)12-14(13)18-6-2/h11-12,17H,5-10H2,1-4H3. The molecule has 0 aromatic heterocycles. The Hall–Kier alpha value is -0.870. The normalized spacial score (nSPS) is 10.6. The fourth-order valence-corrected chi connectivity index (χ4v) is 2.77. The van der Waals surface area contributed by atoms with Crippen LogP contribution in [0.2, 0.25) is 0 Å². The molecular weight excluding hydrogens is 270 g/mol. The van der Waals surface area contributed by atoms with Crippen LogP contribution >= 0.6 is 11.8 Å². The van der Waals surface area contributed by atoms with E-state index in [0.29, 0.717) is 13.2 Å². The van der Waals surface area contributed by atoms with Gasteiger partial charge in [-0.15, -0.1) is 11.8 Å². The van der Waals surface area contributed by atoms with Crippen LogP contribution in [0.3, 0.4) is 0 Å². The third kappa shape index (κ3) is 5.25. The predicted octanol–water partition coefficient (Wildman–Crippen LogP) is 3.75. The van der Waals surface area contributed by atoms with Gasteiger partial charge in [-0.2, -0.15) is 0 Å². The number of thioether (sulfide) groups is 1. The van der Waals surface area contributed by atoms with Gasteiger partial charge in [0.1, 0.15) is 11.5 Å². The van der Waals surface area contributed by atoms with Crippen LogP contribution in [0.25, 0.3) is 0 Å². The van der Waals surface area contributed by atoms with E-state index in [1.807, 2.05) is 13.8 Å². The van der Waals surface area contributed by atoms with E-state index >= 15 is 0 Å². The maximum Gasteiger partial charge on any atom is 0.133 e. The minimum absolute atomic E-state index is 0.692. The highest BCUT2D eigenvalue weighted by atomic mass is 32.2. The van der Waals surface area contributed by atoms with E-state index in [1.165, 1.54) is 10.5 Å². The Labute approximate surface area is 127 Å². The smallest absolute Gasteiger partial charge is 0.133 e. The second-order valence-electron chi connectivity index (χ2n) is 4.31. The van der Waals surface area contributed by atoms with Crippen molar-refractivity contribution in [1.29, 1.82) is 0 Å². The average molecular weight is 297 g/mol. The molecule has 0 saturated carbocycles. The summed E-state index contributed by atoms with van der Waals surface area (Å²) in [5.74, 6) is 3.00. The van der Waals surface area contributed by atoms with Crippen LogP contribution in [0.1, 0.15) is 33.3 Å². The molecule has 4 heteroatoms. The van der Waals surface area contributed by atoms with Crippen LogP contribution in [-0.4, -0.2) is 32.1 Å². The molecule has 1 rings (SSSR count). The molecule has 0 unspecified atom stereocenters. The second-order valence-corrected chi connectivity index (χ2v) is 5.62. The van der Waals surface area contributed by atoms with Crippen molar-refractivity contribution in [3.05, 3.63) is 17.7 Å². The molecule has 0 aliphatic heterocycles. The summed E-state index contributed by atoms with van der Waals surface area (Å²) in [7, 11) is 0. The fraction of sp³-hybridized carbons (Fsp3) is 0.625. The quantitative estimate of drug-likeness (QED) is 0.526. The summed E-state index contributed by atoms with van der Waals surface area (Å²) in [5.41, 5.74) is 1.22. The van der Waals surface area contributed by atoms with E-state index < -0.39 is 0 Å². The lowest BCUT2D eigenvalue weighted by atomic mass is 10.1. The van der Waals surface area contributed by atoms with Gasteiger partial charge >= 0.3 is 0 Å². The van der Waals surface area contributed by atoms with Crippen molar-refractivity contribution in [2.75, 3.05) is 32.1 Å². The van der Waals surface area contributed by atoms with Crippen molar-refractivity contribution in [2.24, 2.45) is 0 Å². The van der Waals surface area contributed by atoms with E-state index in [-0.39, 0.29) is 0 Å². The highest BCUT2D eigenvalue weighted by Crippen LogP contribution is 2.36. The van der Waals surface area contributed by atoms with Crippen molar-refractivity contribution in [2.45, 2.75) is 39.0 Å².